The first-order valence-electron chi connectivity index (χ1n) is 6.37. The van der Waals surface area contributed by atoms with E-state index < -0.39 is 17.6 Å². The first-order chi connectivity index (χ1) is 9.20. The van der Waals surface area contributed by atoms with E-state index in [1.165, 1.54) is 28.1 Å². The number of carbonyl (C=O) groups is 1. The van der Waals surface area contributed by atoms with Gasteiger partial charge in [-0.25, -0.2) is 4.39 Å². The molecule has 0 aromatic heterocycles. The van der Waals surface area contributed by atoms with Crippen LogP contribution in [0.1, 0.15) is 31.9 Å². The summed E-state index contributed by atoms with van der Waals surface area (Å²) in [7, 11) is 2.92. The number of carboxylic acids is 1. The van der Waals surface area contributed by atoms with Crippen LogP contribution in [0.3, 0.4) is 0 Å². The maximum Gasteiger partial charge on any atom is 0.306 e. The van der Waals surface area contributed by atoms with Gasteiger partial charge in [0.25, 0.3) is 0 Å². The quantitative estimate of drug-likeness (QED) is 0.871. The van der Waals surface area contributed by atoms with Gasteiger partial charge in [-0.2, -0.15) is 0 Å². The number of alkyl halides is 1. The molecule has 0 fully saturated rings. The first-order valence-corrected chi connectivity index (χ1v) is 6.37. The fourth-order valence-corrected chi connectivity index (χ4v) is 2.02. The van der Waals surface area contributed by atoms with Gasteiger partial charge in [-0.05, 0) is 38.0 Å². The third kappa shape index (κ3) is 3.62. The second-order valence-electron chi connectivity index (χ2n) is 5.29. The van der Waals surface area contributed by atoms with Crippen LogP contribution in [0.4, 0.5) is 4.39 Å². The van der Waals surface area contributed by atoms with Crippen molar-refractivity contribution in [3.8, 4) is 11.5 Å². The molecule has 112 valence electrons. The van der Waals surface area contributed by atoms with E-state index in [0.29, 0.717) is 29.0 Å². The molecule has 0 amide bonds. The second kappa shape index (κ2) is 6.11. The van der Waals surface area contributed by atoms with E-state index in [9.17, 15) is 9.18 Å². The molecule has 20 heavy (non-hydrogen) atoms. The zero-order valence-electron chi connectivity index (χ0n) is 12.5. The van der Waals surface area contributed by atoms with Gasteiger partial charge >= 0.3 is 5.97 Å². The number of benzene rings is 1. The fourth-order valence-electron chi connectivity index (χ4n) is 2.02. The van der Waals surface area contributed by atoms with Crippen LogP contribution in [0.2, 0.25) is 0 Å². The Balaban J connectivity index is 3.32. The molecule has 0 spiro atoms. The van der Waals surface area contributed by atoms with Crippen LogP contribution in [0, 0.1) is 5.92 Å². The van der Waals surface area contributed by atoms with Crippen LogP contribution >= 0.6 is 0 Å². The number of ether oxygens (including phenoxy) is 2. The van der Waals surface area contributed by atoms with Gasteiger partial charge in [-0.3, -0.25) is 4.79 Å². The highest BCUT2D eigenvalue weighted by atomic mass is 19.1. The number of methoxy groups -OCH3 is 2. The van der Waals surface area contributed by atoms with Crippen molar-refractivity contribution in [2.75, 3.05) is 14.2 Å². The molecule has 5 heteroatoms. The van der Waals surface area contributed by atoms with Gasteiger partial charge in [-0.1, -0.05) is 6.92 Å². The first kappa shape index (κ1) is 16.3. The molecule has 1 rings (SSSR count). The molecule has 1 atom stereocenters. The summed E-state index contributed by atoms with van der Waals surface area (Å²) in [5, 5.41) is 8.97. The summed E-state index contributed by atoms with van der Waals surface area (Å²) >= 11 is 0. The maximum absolute atomic E-state index is 14.3. The second-order valence-corrected chi connectivity index (χ2v) is 5.29. The summed E-state index contributed by atoms with van der Waals surface area (Å²) in [5.41, 5.74) is -0.550. The number of rotatable bonds is 6. The summed E-state index contributed by atoms with van der Waals surface area (Å²) in [5.74, 6) is -0.695. The van der Waals surface area contributed by atoms with Crippen molar-refractivity contribution in [3.63, 3.8) is 0 Å². The summed E-state index contributed by atoms with van der Waals surface area (Å²) in [4.78, 5) is 10.9. The Bertz CT molecular complexity index is 491. The molecule has 4 nitrogen and oxygen atoms in total. The molecule has 0 bridgehead atoms. The lowest BCUT2D eigenvalue weighted by molar-refractivity contribution is -0.141. The number of hydrogen-bond donors (Lipinski definition) is 1. The highest BCUT2D eigenvalue weighted by Gasteiger charge is 2.27. The van der Waals surface area contributed by atoms with Gasteiger partial charge in [-0.15, -0.1) is 0 Å². The molecule has 0 saturated carbocycles. The van der Waals surface area contributed by atoms with Crippen molar-refractivity contribution in [1.82, 2.24) is 0 Å². The molecule has 0 radical (unpaired) electrons. The normalized spacial score (nSPS) is 12.9. The predicted octanol–water partition coefficient (Wildman–Crippen LogP) is 3.17. The minimum Gasteiger partial charge on any atom is -0.493 e. The molecule has 1 unspecified atom stereocenters. The van der Waals surface area contributed by atoms with Gasteiger partial charge < -0.3 is 14.6 Å². The number of carboxylic acid groups (broad SMARTS) is 1. The summed E-state index contributed by atoms with van der Waals surface area (Å²) in [6, 6.07) is 3.33. The molecule has 0 heterocycles. The molecular weight excluding hydrogens is 263 g/mol. The van der Waals surface area contributed by atoms with E-state index >= 15 is 0 Å². The number of aliphatic carboxylic acids is 1. The van der Waals surface area contributed by atoms with E-state index in [-0.39, 0.29) is 0 Å². The van der Waals surface area contributed by atoms with E-state index in [1.807, 2.05) is 0 Å². The van der Waals surface area contributed by atoms with Crippen LogP contribution in [-0.4, -0.2) is 25.3 Å². The average Bonchev–Trinajstić information content (AvgIpc) is 2.36. The van der Waals surface area contributed by atoms with Crippen LogP contribution in [0.25, 0.3) is 0 Å². The molecular formula is C15H21FO4. The molecule has 1 aromatic rings. The average molecular weight is 284 g/mol. The molecule has 0 aliphatic carbocycles. The minimum atomic E-state index is -1.61. The van der Waals surface area contributed by atoms with Gasteiger partial charge in [0.1, 0.15) is 5.67 Å². The Morgan fingerprint density at radius 1 is 1.35 bits per heavy atom. The van der Waals surface area contributed by atoms with Crippen LogP contribution in [-0.2, 0) is 16.9 Å². The standard InChI is InChI=1S/C15H21FO4/c1-9(14(17)18)6-10-7-11(15(2,3)16)13(20-5)12(8-10)19-4/h7-9H,6H2,1-5H3,(H,17,18). The lowest BCUT2D eigenvalue weighted by Gasteiger charge is -2.22. The summed E-state index contributed by atoms with van der Waals surface area (Å²) in [6.07, 6.45) is 0.304. The molecule has 0 aliphatic heterocycles. The van der Waals surface area contributed by atoms with Crippen molar-refractivity contribution >= 4 is 5.97 Å². The Labute approximate surface area is 118 Å². The van der Waals surface area contributed by atoms with Crippen molar-refractivity contribution in [2.45, 2.75) is 32.9 Å². The summed E-state index contributed by atoms with van der Waals surface area (Å²) in [6.45, 7) is 4.46. The van der Waals surface area contributed by atoms with Crippen molar-refractivity contribution in [3.05, 3.63) is 23.3 Å². The van der Waals surface area contributed by atoms with Gasteiger partial charge in [0.15, 0.2) is 11.5 Å². The van der Waals surface area contributed by atoms with Crippen molar-refractivity contribution in [1.29, 1.82) is 0 Å². The van der Waals surface area contributed by atoms with Crippen molar-refractivity contribution < 1.29 is 23.8 Å². The smallest absolute Gasteiger partial charge is 0.306 e. The van der Waals surface area contributed by atoms with E-state index in [1.54, 1.807) is 19.1 Å². The highest BCUT2D eigenvalue weighted by Crippen LogP contribution is 2.40. The molecule has 0 aliphatic rings. The van der Waals surface area contributed by atoms with Crippen LogP contribution in [0.5, 0.6) is 11.5 Å². The lowest BCUT2D eigenvalue weighted by atomic mass is 9.93. The van der Waals surface area contributed by atoms with E-state index in [4.69, 9.17) is 14.6 Å². The Morgan fingerprint density at radius 3 is 2.35 bits per heavy atom. The van der Waals surface area contributed by atoms with Gasteiger partial charge in [0, 0.05) is 5.56 Å². The minimum absolute atomic E-state index is 0.304. The van der Waals surface area contributed by atoms with Crippen LogP contribution < -0.4 is 9.47 Å². The number of hydrogen-bond acceptors (Lipinski definition) is 3. The lowest BCUT2D eigenvalue weighted by Crippen LogP contribution is -2.15. The third-order valence-corrected chi connectivity index (χ3v) is 3.14. The molecule has 1 aromatic carbocycles. The predicted molar refractivity (Wildman–Crippen MR) is 74.2 cm³/mol. The molecule has 1 N–H and O–H groups in total. The van der Waals surface area contributed by atoms with Gasteiger partial charge in [0.05, 0.1) is 20.1 Å². The number of halogens is 1. The third-order valence-electron chi connectivity index (χ3n) is 3.14. The Morgan fingerprint density at radius 2 is 1.95 bits per heavy atom. The van der Waals surface area contributed by atoms with Crippen LogP contribution in [0.15, 0.2) is 12.1 Å². The maximum atomic E-state index is 14.3. The van der Waals surface area contributed by atoms with Crippen molar-refractivity contribution in [2.24, 2.45) is 5.92 Å². The zero-order valence-corrected chi connectivity index (χ0v) is 12.5. The fraction of sp³-hybridized carbons (Fsp3) is 0.533. The topological polar surface area (TPSA) is 55.8 Å². The monoisotopic (exact) mass is 284 g/mol. The Kier molecular flexibility index (Phi) is 4.98. The zero-order chi connectivity index (χ0) is 15.5. The van der Waals surface area contributed by atoms with E-state index in [0.717, 1.165) is 0 Å². The largest absolute Gasteiger partial charge is 0.493 e. The molecule has 0 saturated heterocycles. The van der Waals surface area contributed by atoms with Gasteiger partial charge in [0.2, 0.25) is 0 Å². The highest BCUT2D eigenvalue weighted by molar-refractivity contribution is 5.70. The summed E-state index contributed by atoms with van der Waals surface area (Å²) < 4.78 is 24.7. The van der Waals surface area contributed by atoms with E-state index in [2.05, 4.69) is 0 Å². The SMILES string of the molecule is COc1cc(CC(C)C(=O)O)cc(C(C)(C)F)c1OC. The Hall–Kier alpha value is -1.78.